The van der Waals surface area contributed by atoms with Crippen LogP contribution in [0.2, 0.25) is 0 Å². The van der Waals surface area contributed by atoms with Gasteiger partial charge in [0.1, 0.15) is 12.4 Å². The van der Waals surface area contributed by atoms with Crippen LogP contribution in [0.3, 0.4) is 0 Å². The lowest BCUT2D eigenvalue weighted by atomic mass is 10.2. The zero-order valence-electron chi connectivity index (χ0n) is 18.0. The summed E-state index contributed by atoms with van der Waals surface area (Å²) in [4.78, 5) is 6.03. The second-order valence-corrected chi connectivity index (χ2v) is 6.87. The standard InChI is InChI=1S/C12H13FN2.C8H14N2O2S.CH4O/c1-3-12(9(2)13)15-7-10-4-5-14-6-11(10)8-15;1-7(12-6-9-2)5-11-8-3-4-13-10-8;1-2/h3-6H,2,7-8H2,1H3;3-4,7,9H,5-6H2,1-2H3;2H,1H3/b12-3+;;. The Morgan fingerprint density at radius 3 is 2.70 bits per heavy atom. The van der Waals surface area contributed by atoms with Gasteiger partial charge in [0.15, 0.2) is 0 Å². The third-order valence-corrected chi connectivity index (χ3v) is 4.55. The molecule has 2 N–H and O–H groups in total. The van der Waals surface area contributed by atoms with Gasteiger partial charge in [-0.05, 0) is 49.6 Å². The second-order valence-electron chi connectivity index (χ2n) is 6.20. The van der Waals surface area contributed by atoms with Gasteiger partial charge in [0, 0.05) is 44.0 Å². The summed E-state index contributed by atoms with van der Waals surface area (Å²) in [5.74, 6) is 0.295. The monoisotopic (exact) mass is 438 g/mol. The molecule has 1 atom stereocenters. The average molecular weight is 439 g/mol. The van der Waals surface area contributed by atoms with E-state index in [0.717, 1.165) is 19.2 Å². The number of aliphatic hydroxyl groups is 1. The Morgan fingerprint density at radius 1 is 1.40 bits per heavy atom. The van der Waals surface area contributed by atoms with Crippen LogP contribution in [-0.2, 0) is 17.8 Å². The molecule has 30 heavy (non-hydrogen) atoms. The number of nitrogens with one attached hydrogen (secondary N) is 1. The first-order valence-electron chi connectivity index (χ1n) is 9.47. The Hall–Kier alpha value is -2.33. The molecule has 1 aliphatic heterocycles. The first kappa shape index (κ1) is 25.7. The Morgan fingerprint density at radius 2 is 2.13 bits per heavy atom. The van der Waals surface area contributed by atoms with Crippen LogP contribution in [0.15, 0.2) is 54.1 Å². The summed E-state index contributed by atoms with van der Waals surface area (Å²) in [5.41, 5.74) is 2.95. The molecule has 0 amide bonds. The van der Waals surface area contributed by atoms with E-state index in [1.165, 1.54) is 17.1 Å². The van der Waals surface area contributed by atoms with Gasteiger partial charge in [0.05, 0.1) is 18.5 Å². The maximum Gasteiger partial charge on any atom is 0.225 e. The number of aromatic nitrogens is 2. The van der Waals surface area contributed by atoms with Crippen LogP contribution in [0.1, 0.15) is 25.0 Å². The number of rotatable bonds is 8. The van der Waals surface area contributed by atoms with Crippen molar-refractivity contribution in [2.45, 2.75) is 33.0 Å². The average Bonchev–Trinajstić information content (AvgIpc) is 3.42. The third kappa shape index (κ3) is 8.58. The van der Waals surface area contributed by atoms with Crippen LogP contribution in [0.5, 0.6) is 5.88 Å². The predicted molar refractivity (Wildman–Crippen MR) is 118 cm³/mol. The summed E-state index contributed by atoms with van der Waals surface area (Å²) in [7, 11) is 2.84. The van der Waals surface area contributed by atoms with Crippen molar-refractivity contribution in [3.63, 3.8) is 0 Å². The van der Waals surface area contributed by atoms with E-state index >= 15 is 0 Å². The molecule has 3 heterocycles. The van der Waals surface area contributed by atoms with E-state index in [4.69, 9.17) is 14.6 Å². The van der Waals surface area contributed by atoms with Crippen LogP contribution in [0.4, 0.5) is 4.39 Å². The van der Waals surface area contributed by atoms with Gasteiger partial charge in [-0.2, -0.15) is 4.37 Å². The van der Waals surface area contributed by atoms with Crippen molar-refractivity contribution in [1.29, 1.82) is 0 Å². The van der Waals surface area contributed by atoms with Gasteiger partial charge in [-0.1, -0.05) is 12.7 Å². The number of nitrogens with zero attached hydrogens (tertiary/aromatic N) is 3. The fraction of sp³-hybridized carbons (Fsp3) is 0.429. The lowest BCUT2D eigenvalue weighted by Gasteiger charge is -2.19. The van der Waals surface area contributed by atoms with Crippen molar-refractivity contribution in [2.75, 3.05) is 27.5 Å². The number of hydrogen-bond donors (Lipinski definition) is 2. The normalized spacial score (nSPS) is 13.4. The summed E-state index contributed by atoms with van der Waals surface area (Å²) in [5, 5.41) is 11.8. The molecule has 0 spiro atoms. The number of allylic oxidation sites excluding steroid dienone is 2. The minimum absolute atomic E-state index is 0.0779. The Balaban J connectivity index is 0.000000280. The molecular formula is C21H31FN4O3S. The molecule has 1 aliphatic rings. The molecule has 1 unspecified atom stereocenters. The van der Waals surface area contributed by atoms with Gasteiger partial charge < -0.3 is 19.5 Å². The van der Waals surface area contributed by atoms with E-state index in [1.807, 2.05) is 49.5 Å². The largest absolute Gasteiger partial charge is 0.474 e. The van der Waals surface area contributed by atoms with Crippen LogP contribution in [0, 0.1) is 0 Å². The van der Waals surface area contributed by atoms with Gasteiger partial charge in [-0.25, -0.2) is 4.39 Å². The molecule has 0 bridgehead atoms. The highest BCUT2D eigenvalue weighted by atomic mass is 32.1. The molecule has 166 valence electrons. The van der Waals surface area contributed by atoms with Gasteiger partial charge in [-0.15, -0.1) is 0 Å². The zero-order chi connectivity index (χ0) is 22.4. The minimum Gasteiger partial charge on any atom is -0.474 e. The highest BCUT2D eigenvalue weighted by Gasteiger charge is 2.21. The fourth-order valence-electron chi connectivity index (χ4n) is 2.65. The highest BCUT2D eigenvalue weighted by molar-refractivity contribution is 7.03. The van der Waals surface area contributed by atoms with Crippen LogP contribution in [0.25, 0.3) is 0 Å². The number of pyridine rings is 1. The van der Waals surface area contributed by atoms with Gasteiger partial charge >= 0.3 is 0 Å². The molecule has 3 rings (SSSR count). The van der Waals surface area contributed by atoms with Crippen molar-refractivity contribution in [3.05, 3.63) is 65.2 Å². The van der Waals surface area contributed by atoms with Crippen molar-refractivity contribution in [2.24, 2.45) is 0 Å². The topological polar surface area (TPSA) is 79.7 Å². The summed E-state index contributed by atoms with van der Waals surface area (Å²) in [6.45, 7) is 9.65. The molecule has 0 fully saturated rings. The molecule has 0 radical (unpaired) electrons. The van der Waals surface area contributed by atoms with E-state index < -0.39 is 0 Å². The van der Waals surface area contributed by atoms with Crippen LogP contribution < -0.4 is 10.1 Å². The highest BCUT2D eigenvalue weighted by Crippen LogP contribution is 2.28. The quantitative estimate of drug-likeness (QED) is 0.482. The number of aliphatic hydroxyl groups excluding tert-OH is 1. The summed E-state index contributed by atoms with van der Waals surface area (Å²) in [6, 6.07) is 3.82. The van der Waals surface area contributed by atoms with Crippen LogP contribution in [-0.4, -0.2) is 53.0 Å². The maximum atomic E-state index is 13.1. The Bertz CT molecular complexity index is 746. The van der Waals surface area contributed by atoms with E-state index in [-0.39, 0.29) is 11.9 Å². The first-order valence-corrected chi connectivity index (χ1v) is 10.3. The SMILES string of the molecule is C=C(F)/C(=C\C)N1Cc2ccncc2C1.CNCOC(C)COc1ccsn1.CO. The maximum absolute atomic E-state index is 13.1. The van der Waals surface area contributed by atoms with E-state index in [2.05, 4.69) is 21.3 Å². The number of halogens is 1. The van der Waals surface area contributed by atoms with Gasteiger partial charge in [-0.3, -0.25) is 10.3 Å². The van der Waals surface area contributed by atoms with Crippen molar-refractivity contribution in [3.8, 4) is 5.88 Å². The third-order valence-electron chi connectivity index (χ3n) is 4.01. The molecule has 2 aromatic heterocycles. The number of ether oxygens (including phenoxy) is 2. The fourth-order valence-corrected chi connectivity index (χ4v) is 3.11. The van der Waals surface area contributed by atoms with Crippen molar-refractivity contribution in [1.82, 2.24) is 19.6 Å². The molecule has 9 heteroatoms. The Labute approximate surface area is 182 Å². The first-order chi connectivity index (χ1) is 14.5. The predicted octanol–water partition coefficient (Wildman–Crippen LogP) is 3.50. The van der Waals surface area contributed by atoms with E-state index in [9.17, 15) is 4.39 Å². The minimum atomic E-state index is -0.377. The van der Waals surface area contributed by atoms with Crippen molar-refractivity contribution >= 4 is 11.5 Å². The molecule has 2 aromatic rings. The molecular weight excluding hydrogens is 407 g/mol. The molecule has 0 saturated heterocycles. The molecule has 0 saturated carbocycles. The van der Waals surface area contributed by atoms with E-state index in [1.54, 1.807) is 12.3 Å². The Kier molecular flexibility index (Phi) is 12.5. The second kappa shape index (κ2) is 14.6. The summed E-state index contributed by atoms with van der Waals surface area (Å²) < 4.78 is 27.8. The molecule has 7 nitrogen and oxygen atoms in total. The lowest BCUT2D eigenvalue weighted by Crippen LogP contribution is -2.23. The number of fused-ring (bicyclic) bond motifs is 1. The lowest BCUT2D eigenvalue weighted by molar-refractivity contribution is 0.0239. The summed E-state index contributed by atoms with van der Waals surface area (Å²) >= 11 is 1.38. The zero-order valence-corrected chi connectivity index (χ0v) is 18.8. The van der Waals surface area contributed by atoms with Crippen molar-refractivity contribution < 1.29 is 19.0 Å². The molecule has 0 aromatic carbocycles. The number of hydrogen-bond acceptors (Lipinski definition) is 8. The van der Waals surface area contributed by atoms with Gasteiger partial charge in [0.25, 0.3) is 0 Å². The van der Waals surface area contributed by atoms with E-state index in [0.29, 0.717) is 31.5 Å². The van der Waals surface area contributed by atoms with Gasteiger partial charge in [0.2, 0.25) is 5.88 Å². The van der Waals surface area contributed by atoms with Crippen LogP contribution >= 0.6 is 11.5 Å². The summed E-state index contributed by atoms with van der Waals surface area (Å²) in [6.07, 6.45) is 5.43. The molecule has 0 aliphatic carbocycles. The smallest absolute Gasteiger partial charge is 0.225 e.